The molecule has 0 saturated heterocycles. The van der Waals surface area contributed by atoms with Crippen LogP contribution in [0.25, 0.3) is 0 Å². The van der Waals surface area contributed by atoms with E-state index in [1.807, 2.05) is 11.4 Å². The van der Waals surface area contributed by atoms with Gasteiger partial charge in [0.15, 0.2) is 0 Å². The number of thiocarbonyl (C=S) groups is 1. The predicted octanol–water partition coefficient (Wildman–Crippen LogP) is 1.33. The van der Waals surface area contributed by atoms with Crippen molar-refractivity contribution in [3.63, 3.8) is 0 Å². The van der Waals surface area contributed by atoms with Crippen LogP contribution >= 0.6 is 23.6 Å². The van der Waals surface area contributed by atoms with E-state index in [-0.39, 0.29) is 16.8 Å². The summed E-state index contributed by atoms with van der Waals surface area (Å²) in [5.41, 5.74) is 6.61. The van der Waals surface area contributed by atoms with Gasteiger partial charge in [0.1, 0.15) is 0 Å². The highest BCUT2D eigenvalue weighted by atomic mass is 32.1. The molecule has 82 valence electrons. The SMILES string of the molecule is CC(C(=O)NCCc1ccsc1)C(N)=S. The molecular formula is C10H14N2OS2. The lowest BCUT2D eigenvalue weighted by Gasteiger charge is -2.09. The van der Waals surface area contributed by atoms with E-state index in [2.05, 4.69) is 10.7 Å². The Kier molecular flexibility index (Phi) is 4.71. The molecule has 1 unspecified atom stereocenters. The number of nitrogens with two attached hydrogens (primary N) is 1. The third kappa shape index (κ3) is 3.97. The van der Waals surface area contributed by atoms with Gasteiger partial charge in [-0.05, 0) is 35.7 Å². The summed E-state index contributed by atoms with van der Waals surface area (Å²) >= 11 is 6.40. The molecule has 1 amide bonds. The zero-order valence-electron chi connectivity index (χ0n) is 8.53. The molecule has 5 heteroatoms. The third-order valence-corrected chi connectivity index (χ3v) is 3.20. The summed E-state index contributed by atoms with van der Waals surface area (Å²) < 4.78 is 0. The highest BCUT2D eigenvalue weighted by Gasteiger charge is 2.14. The van der Waals surface area contributed by atoms with Crippen molar-refractivity contribution in [1.82, 2.24) is 5.32 Å². The van der Waals surface area contributed by atoms with E-state index in [0.717, 1.165) is 6.42 Å². The van der Waals surface area contributed by atoms with Gasteiger partial charge in [-0.25, -0.2) is 0 Å². The van der Waals surface area contributed by atoms with Crippen molar-refractivity contribution in [2.75, 3.05) is 6.54 Å². The molecule has 0 aliphatic rings. The summed E-state index contributed by atoms with van der Waals surface area (Å²) in [4.78, 5) is 11.7. The van der Waals surface area contributed by atoms with Crippen LogP contribution in [-0.4, -0.2) is 17.4 Å². The molecule has 3 N–H and O–H groups in total. The number of rotatable bonds is 5. The van der Waals surface area contributed by atoms with Gasteiger partial charge in [-0.1, -0.05) is 12.2 Å². The second-order valence-electron chi connectivity index (χ2n) is 3.30. The average molecular weight is 242 g/mol. The van der Waals surface area contributed by atoms with Gasteiger partial charge in [-0.2, -0.15) is 11.3 Å². The summed E-state index contributed by atoms with van der Waals surface area (Å²) in [5, 5.41) is 6.90. The zero-order chi connectivity index (χ0) is 11.3. The minimum atomic E-state index is -0.387. The number of amides is 1. The topological polar surface area (TPSA) is 55.1 Å². The van der Waals surface area contributed by atoms with Crippen molar-refractivity contribution >= 4 is 34.5 Å². The lowest BCUT2D eigenvalue weighted by molar-refractivity contribution is -0.122. The largest absolute Gasteiger partial charge is 0.393 e. The van der Waals surface area contributed by atoms with Crippen molar-refractivity contribution in [2.24, 2.45) is 11.7 Å². The molecule has 0 aliphatic heterocycles. The van der Waals surface area contributed by atoms with Crippen molar-refractivity contribution in [3.8, 4) is 0 Å². The molecule has 1 rings (SSSR count). The van der Waals surface area contributed by atoms with E-state index in [4.69, 9.17) is 18.0 Å². The summed E-state index contributed by atoms with van der Waals surface area (Å²) in [5.74, 6) is -0.486. The maximum atomic E-state index is 11.4. The van der Waals surface area contributed by atoms with Gasteiger partial charge in [0.2, 0.25) is 5.91 Å². The third-order valence-electron chi connectivity index (χ3n) is 2.11. The summed E-state index contributed by atoms with van der Waals surface area (Å²) in [6.07, 6.45) is 0.847. The van der Waals surface area contributed by atoms with Crippen LogP contribution in [0.1, 0.15) is 12.5 Å². The Balaban J connectivity index is 2.26. The van der Waals surface area contributed by atoms with Crippen LogP contribution in [0.2, 0.25) is 0 Å². The van der Waals surface area contributed by atoms with Crippen LogP contribution in [0, 0.1) is 5.92 Å². The van der Waals surface area contributed by atoms with Crippen molar-refractivity contribution < 1.29 is 4.79 Å². The molecular weight excluding hydrogens is 228 g/mol. The zero-order valence-corrected chi connectivity index (χ0v) is 10.2. The number of thiophene rings is 1. The van der Waals surface area contributed by atoms with Gasteiger partial charge in [-0.3, -0.25) is 4.79 Å². The summed E-state index contributed by atoms with van der Waals surface area (Å²) in [6, 6.07) is 2.05. The Bertz CT molecular complexity index is 335. The summed E-state index contributed by atoms with van der Waals surface area (Å²) in [7, 11) is 0. The average Bonchev–Trinajstić information content (AvgIpc) is 2.69. The van der Waals surface area contributed by atoms with Gasteiger partial charge < -0.3 is 11.1 Å². The quantitative estimate of drug-likeness (QED) is 0.766. The first-order valence-corrected chi connectivity index (χ1v) is 6.04. The first kappa shape index (κ1) is 12.1. The molecule has 1 aromatic rings. The summed E-state index contributed by atoms with van der Waals surface area (Å²) in [6.45, 7) is 2.34. The van der Waals surface area contributed by atoms with E-state index in [1.54, 1.807) is 18.3 Å². The molecule has 0 aliphatic carbocycles. The van der Waals surface area contributed by atoms with Gasteiger partial charge in [0.25, 0.3) is 0 Å². The Hall–Kier alpha value is -0.940. The predicted molar refractivity (Wildman–Crippen MR) is 67.0 cm³/mol. The van der Waals surface area contributed by atoms with E-state index < -0.39 is 0 Å². The van der Waals surface area contributed by atoms with E-state index in [1.165, 1.54) is 5.56 Å². The Morgan fingerprint density at radius 3 is 3.00 bits per heavy atom. The second kappa shape index (κ2) is 5.82. The van der Waals surface area contributed by atoms with Crippen LogP contribution in [-0.2, 0) is 11.2 Å². The molecule has 1 aromatic heterocycles. The monoisotopic (exact) mass is 242 g/mol. The van der Waals surface area contributed by atoms with E-state index in [9.17, 15) is 4.79 Å². The molecule has 0 aromatic carbocycles. The Morgan fingerprint density at radius 2 is 2.47 bits per heavy atom. The normalized spacial score (nSPS) is 12.1. The number of carbonyl (C=O) groups is 1. The highest BCUT2D eigenvalue weighted by Crippen LogP contribution is 2.05. The van der Waals surface area contributed by atoms with E-state index >= 15 is 0 Å². The second-order valence-corrected chi connectivity index (χ2v) is 4.55. The minimum absolute atomic E-state index is 0.0993. The molecule has 3 nitrogen and oxygen atoms in total. The van der Waals surface area contributed by atoms with Crippen LogP contribution in [0.3, 0.4) is 0 Å². The molecule has 0 fully saturated rings. The first-order chi connectivity index (χ1) is 7.11. The fourth-order valence-electron chi connectivity index (χ4n) is 1.05. The van der Waals surface area contributed by atoms with E-state index in [0.29, 0.717) is 6.54 Å². The minimum Gasteiger partial charge on any atom is -0.393 e. The van der Waals surface area contributed by atoms with Crippen molar-refractivity contribution in [3.05, 3.63) is 22.4 Å². The number of carbonyl (C=O) groups excluding carboxylic acids is 1. The maximum Gasteiger partial charge on any atom is 0.229 e. The molecule has 1 heterocycles. The first-order valence-electron chi connectivity index (χ1n) is 4.69. The maximum absolute atomic E-state index is 11.4. The lowest BCUT2D eigenvalue weighted by Crippen LogP contribution is -2.36. The van der Waals surface area contributed by atoms with Crippen molar-refractivity contribution in [1.29, 1.82) is 0 Å². The smallest absolute Gasteiger partial charge is 0.229 e. The Labute approximate surface area is 98.7 Å². The van der Waals surface area contributed by atoms with Crippen LogP contribution in [0.4, 0.5) is 0 Å². The Morgan fingerprint density at radius 1 is 1.73 bits per heavy atom. The van der Waals surface area contributed by atoms with Crippen LogP contribution in [0.15, 0.2) is 16.8 Å². The number of hydrogen-bond donors (Lipinski definition) is 2. The fourth-order valence-corrected chi connectivity index (χ4v) is 1.86. The highest BCUT2D eigenvalue weighted by molar-refractivity contribution is 7.80. The van der Waals surface area contributed by atoms with Crippen LogP contribution in [0.5, 0.6) is 0 Å². The number of hydrogen-bond acceptors (Lipinski definition) is 3. The fraction of sp³-hybridized carbons (Fsp3) is 0.400. The molecule has 1 atom stereocenters. The van der Waals surface area contributed by atoms with Gasteiger partial charge in [0, 0.05) is 6.54 Å². The molecule has 0 radical (unpaired) electrons. The van der Waals surface area contributed by atoms with Gasteiger partial charge in [0.05, 0.1) is 10.9 Å². The van der Waals surface area contributed by atoms with Crippen molar-refractivity contribution in [2.45, 2.75) is 13.3 Å². The molecule has 0 saturated carbocycles. The molecule has 15 heavy (non-hydrogen) atoms. The lowest BCUT2D eigenvalue weighted by atomic mass is 10.1. The molecule has 0 bridgehead atoms. The molecule has 0 spiro atoms. The van der Waals surface area contributed by atoms with Gasteiger partial charge >= 0.3 is 0 Å². The standard InChI is InChI=1S/C10H14N2OS2/c1-7(9(11)14)10(13)12-4-2-8-3-5-15-6-8/h3,5-7H,2,4H2,1H3,(H2,11,14)(H,12,13). The van der Waals surface area contributed by atoms with Gasteiger partial charge in [-0.15, -0.1) is 0 Å². The number of nitrogens with one attached hydrogen (secondary N) is 1. The van der Waals surface area contributed by atoms with Crippen LogP contribution < -0.4 is 11.1 Å².